The number of nitrogens with two attached hydrogens (primary N) is 2. The third kappa shape index (κ3) is 67.1. The number of urea groups is 1. The van der Waals surface area contributed by atoms with Crippen LogP contribution in [-0.2, 0) is 0 Å². The second-order valence-electron chi connectivity index (χ2n) is 0.765. The number of hydrogen-bond donors (Lipinski definition) is 5. The Hall–Kier alpha value is -0.850. The van der Waals surface area contributed by atoms with E-state index in [1.807, 2.05) is 0 Å². The van der Waals surface area contributed by atoms with Crippen molar-refractivity contribution in [1.29, 1.82) is 0 Å². The Morgan fingerprint density at radius 1 is 1.75 bits per heavy atom. The molecular weight excluding hydrogens is 112 g/mol. The van der Waals surface area contributed by atoms with Gasteiger partial charge in [0.1, 0.15) is 0 Å². The van der Waals surface area contributed by atoms with Crippen LogP contribution in [-0.4, -0.2) is 18.3 Å². The van der Waals surface area contributed by atoms with Crippen molar-refractivity contribution < 1.29 is 10.0 Å². The third-order valence-electron chi connectivity index (χ3n) is 0.110. The zero-order valence-corrected chi connectivity index (χ0v) is 4.51. The lowest BCUT2D eigenvalue weighted by molar-refractivity contribution is 0.169. The second-order valence-corrected chi connectivity index (χ2v) is 0.765. The van der Waals surface area contributed by atoms with E-state index in [2.05, 4.69) is 17.0 Å². The van der Waals surface area contributed by atoms with Crippen molar-refractivity contribution in [2.24, 2.45) is 11.6 Å². The quantitative estimate of drug-likeness (QED) is 0.147. The normalized spacial score (nSPS) is 6.38. The molecule has 0 aromatic carbocycles. The van der Waals surface area contributed by atoms with Gasteiger partial charge in [-0.1, -0.05) is 0 Å². The van der Waals surface area contributed by atoms with Crippen LogP contribution in [0.3, 0.4) is 0 Å². The molecule has 0 aliphatic carbocycles. The van der Waals surface area contributed by atoms with Gasteiger partial charge in [0.15, 0.2) is 0 Å². The Balaban J connectivity index is 0. The minimum Gasteiger partial charge on any atom is -0.350 e. The number of carbonyl (C=O) groups is 1. The highest BCUT2D eigenvalue weighted by atomic mass is 16.5. The Bertz CT molecular complexity index is 56.0. The van der Waals surface area contributed by atoms with E-state index in [0.29, 0.717) is 0 Å². The molecule has 0 radical (unpaired) electrons. The smallest absolute Gasteiger partial charge is 0.335 e. The maximum absolute atomic E-state index is 9.23. The number of nitrogens with one attached hydrogen (secondary N) is 2. The van der Waals surface area contributed by atoms with Gasteiger partial charge in [-0.2, -0.15) is 0 Å². The fourth-order valence-electron chi connectivity index (χ4n) is 0. The zero-order valence-electron chi connectivity index (χ0n) is 4.51. The Labute approximate surface area is 46.8 Å². The summed E-state index contributed by atoms with van der Waals surface area (Å²) < 4.78 is 0. The van der Waals surface area contributed by atoms with Gasteiger partial charge in [-0.15, -0.1) is 0 Å². The first-order valence-electron chi connectivity index (χ1n) is 1.76. The molecule has 0 heterocycles. The summed E-state index contributed by atoms with van der Waals surface area (Å²) >= 11 is 0. The standard InChI is InChI=1S/CH4N2O2.CH6N2/c2-1(4)3-5;1-3-2/h5H,(H3,2,3,4);3H,2H2,1H3. The van der Waals surface area contributed by atoms with E-state index >= 15 is 0 Å². The molecule has 0 bridgehead atoms. The topological polar surface area (TPSA) is 113 Å². The molecule has 0 saturated heterocycles. The first-order valence-corrected chi connectivity index (χ1v) is 1.76. The van der Waals surface area contributed by atoms with Crippen molar-refractivity contribution >= 4 is 6.03 Å². The average molecular weight is 122 g/mol. The Kier molecular flexibility index (Phi) is 12.1. The monoisotopic (exact) mass is 122 g/mol. The van der Waals surface area contributed by atoms with Crippen LogP contribution in [0.15, 0.2) is 0 Å². The van der Waals surface area contributed by atoms with Crippen LogP contribution >= 0.6 is 0 Å². The van der Waals surface area contributed by atoms with E-state index in [0.717, 1.165) is 0 Å². The lowest BCUT2D eigenvalue weighted by Gasteiger charge is -1.79. The van der Waals surface area contributed by atoms with Crippen molar-refractivity contribution in [2.75, 3.05) is 7.05 Å². The fourth-order valence-corrected chi connectivity index (χ4v) is 0. The van der Waals surface area contributed by atoms with E-state index in [4.69, 9.17) is 5.21 Å². The van der Waals surface area contributed by atoms with Gasteiger partial charge in [-0.25, -0.2) is 10.3 Å². The second kappa shape index (κ2) is 9.47. The molecule has 6 nitrogen and oxygen atoms in total. The van der Waals surface area contributed by atoms with Crippen LogP contribution in [0.2, 0.25) is 0 Å². The highest BCUT2D eigenvalue weighted by Crippen LogP contribution is 1.38. The predicted molar refractivity (Wildman–Crippen MR) is 27.8 cm³/mol. The van der Waals surface area contributed by atoms with Gasteiger partial charge in [0.2, 0.25) is 0 Å². The summed E-state index contributed by atoms with van der Waals surface area (Å²) in [6.45, 7) is 0. The van der Waals surface area contributed by atoms with E-state index < -0.39 is 6.03 Å². The zero-order chi connectivity index (χ0) is 6.99. The molecule has 0 spiro atoms. The first-order chi connectivity index (χ1) is 3.68. The Morgan fingerprint density at radius 3 is 1.88 bits per heavy atom. The summed E-state index contributed by atoms with van der Waals surface area (Å²) in [5.41, 5.74) is 7.71. The van der Waals surface area contributed by atoms with Gasteiger partial charge in [0.25, 0.3) is 0 Å². The molecule has 0 fully saturated rings. The van der Waals surface area contributed by atoms with Crippen molar-refractivity contribution in [2.45, 2.75) is 0 Å². The van der Waals surface area contributed by atoms with Crippen LogP contribution in [0.25, 0.3) is 0 Å². The summed E-state index contributed by atoms with van der Waals surface area (Å²) in [6.07, 6.45) is 0. The summed E-state index contributed by atoms with van der Waals surface area (Å²) in [4.78, 5) is 9.23. The molecule has 7 N–H and O–H groups in total. The van der Waals surface area contributed by atoms with Crippen molar-refractivity contribution in [3.05, 3.63) is 0 Å². The third-order valence-corrected chi connectivity index (χ3v) is 0.110. The molecule has 0 saturated carbocycles. The summed E-state index contributed by atoms with van der Waals surface area (Å²) in [5, 5.41) is 7.42. The SMILES string of the molecule is CNN.NC(=O)NO. The van der Waals surface area contributed by atoms with Gasteiger partial charge in [0.05, 0.1) is 0 Å². The maximum Gasteiger partial charge on any atom is 0.335 e. The molecule has 2 amide bonds. The van der Waals surface area contributed by atoms with Gasteiger partial charge in [-0.3, -0.25) is 16.5 Å². The maximum atomic E-state index is 9.23. The molecule has 50 valence electrons. The van der Waals surface area contributed by atoms with Gasteiger partial charge in [-0.05, 0) is 7.05 Å². The number of hydrogen-bond acceptors (Lipinski definition) is 4. The number of hydrazine groups is 1. The summed E-state index contributed by atoms with van der Waals surface area (Å²) in [5.74, 6) is 4.60. The van der Waals surface area contributed by atoms with Crippen molar-refractivity contribution in [3.63, 3.8) is 0 Å². The number of hydroxylamine groups is 1. The van der Waals surface area contributed by atoms with Crippen LogP contribution in [0.4, 0.5) is 4.79 Å². The fraction of sp³-hybridized carbons (Fsp3) is 0.500. The summed E-state index contributed by atoms with van der Waals surface area (Å²) in [7, 11) is 1.65. The number of amides is 2. The first kappa shape index (κ1) is 10.2. The van der Waals surface area contributed by atoms with E-state index in [1.165, 1.54) is 5.48 Å². The Morgan fingerprint density at radius 2 is 1.88 bits per heavy atom. The van der Waals surface area contributed by atoms with Crippen LogP contribution in [0.1, 0.15) is 0 Å². The van der Waals surface area contributed by atoms with E-state index in [-0.39, 0.29) is 0 Å². The molecule has 0 aliphatic rings. The lowest BCUT2D eigenvalue weighted by Crippen LogP contribution is -2.25. The molecule has 8 heavy (non-hydrogen) atoms. The highest BCUT2D eigenvalue weighted by molar-refractivity contribution is 5.69. The lowest BCUT2D eigenvalue weighted by atomic mass is 11.2. The molecule has 0 aromatic heterocycles. The van der Waals surface area contributed by atoms with Crippen LogP contribution < -0.4 is 22.5 Å². The number of primary amides is 1. The highest BCUT2D eigenvalue weighted by Gasteiger charge is 1.75. The van der Waals surface area contributed by atoms with Gasteiger partial charge in [0, 0.05) is 0 Å². The predicted octanol–water partition coefficient (Wildman–Crippen LogP) is -1.88. The van der Waals surface area contributed by atoms with Crippen LogP contribution in [0, 0.1) is 0 Å². The average Bonchev–Trinajstić information content (AvgIpc) is 1.69. The minimum absolute atomic E-state index is 0.940. The molecule has 0 unspecified atom stereocenters. The molecule has 6 heteroatoms. The molecule has 0 aliphatic heterocycles. The van der Waals surface area contributed by atoms with Crippen LogP contribution in [0.5, 0.6) is 0 Å². The largest absolute Gasteiger partial charge is 0.350 e. The van der Waals surface area contributed by atoms with Gasteiger partial charge < -0.3 is 5.73 Å². The van der Waals surface area contributed by atoms with Crippen molar-refractivity contribution in [3.8, 4) is 0 Å². The van der Waals surface area contributed by atoms with Gasteiger partial charge >= 0.3 is 6.03 Å². The molecule has 0 rings (SSSR count). The van der Waals surface area contributed by atoms with E-state index in [1.54, 1.807) is 7.05 Å². The molecule has 0 atom stereocenters. The summed E-state index contributed by atoms with van der Waals surface area (Å²) in [6, 6.07) is -0.940. The molecular formula is C2H10N4O2. The molecule has 0 aromatic rings. The number of carbonyl (C=O) groups excluding carboxylic acids is 1. The van der Waals surface area contributed by atoms with Crippen molar-refractivity contribution in [1.82, 2.24) is 10.9 Å². The number of rotatable bonds is 0. The minimum atomic E-state index is -0.940. The van der Waals surface area contributed by atoms with E-state index in [9.17, 15) is 4.79 Å².